The summed E-state index contributed by atoms with van der Waals surface area (Å²) in [4.78, 5) is 18.9. The summed E-state index contributed by atoms with van der Waals surface area (Å²) in [5, 5.41) is 11.7. The highest BCUT2D eigenvalue weighted by Gasteiger charge is 2.64. The smallest absolute Gasteiger partial charge is 0.229 e. The van der Waals surface area contributed by atoms with Crippen LogP contribution in [0.25, 0.3) is 0 Å². The summed E-state index contributed by atoms with van der Waals surface area (Å²) < 4.78 is 0. The number of aliphatic imine (C=N–C) groups is 1. The Balaban J connectivity index is 2.04. The Hall–Kier alpha value is -1.68. The summed E-state index contributed by atoms with van der Waals surface area (Å²) >= 11 is 0. The first-order chi connectivity index (χ1) is 10.1. The fourth-order valence-electron chi connectivity index (χ4n) is 4.48. The molecule has 1 aromatic rings. The molecule has 2 atom stereocenters. The number of hydrogen-bond donors (Lipinski definition) is 1. The molecule has 4 heteroatoms. The lowest BCUT2D eigenvalue weighted by molar-refractivity contribution is -0.134. The lowest BCUT2D eigenvalue weighted by Gasteiger charge is -2.52. The van der Waals surface area contributed by atoms with Crippen LogP contribution in [0.3, 0.4) is 0 Å². The second kappa shape index (κ2) is 4.17. The van der Waals surface area contributed by atoms with E-state index in [1.54, 1.807) is 4.90 Å². The molecule has 21 heavy (non-hydrogen) atoms. The predicted molar refractivity (Wildman–Crippen MR) is 81.5 cm³/mol. The monoisotopic (exact) mass is 284 g/mol. The van der Waals surface area contributed by atoms with E-state index >= 15 is 0 Å². The molecule has 3 aliphatic rings. The number of anilines is 1. The van der Waals surface area contributed by atoms with Crippen LogP contribution in [-0.2, 0) is 4.79 Å². The van der Waals surface area contributed by atoms with Crippen LogP contribution in [-0.4, -0.2) is 29.0 Å². The highest BCUT2D eigenvalue weighted by atomic mass is 16.3. The van der Waals surface area contributed by atoms with Crippen molar-refractivity contribution in [3.05, 3.63) is 29.8 Å². The van der Waals surface area contributed by atoms with Gasteiger partial charge >= 0.3 is 0 Å². The fourth-order valence-corrected chi connectivity index (χ4v) is 4.48. The lowest BCUT2D eigenvalue weighted by atomic mass is 9.65. The van der Waals surface area contributed by atoms with Gasteiger partial charge in [0.25, 0.3) is 0 Å². The third-order valence-electron chi connectivity index (χ3n) is 5.62. The van der Waals surface area contributed by atoms with E-state index in [9.17, 15) is 9.90 Å². The van der Waals surface area contributed by atoms with Crippen LogP contribution in [0.4, 0.5) is 5.69 Å². The minimum Gasteiger partial charge on any atom is -0.365 e. The molecule has 1 saturated heterocycles. The molecule has 0 unspecified atom stereocenters. The van der Waals surface area contributed by atoms with Gasteiger partial charge in [0.1, 0.15) is 0 Å². The first-order valence-corrected chi connectivity index (χ1v) is 7.84. The van der Waals surface area contributed by atoms with Gasteiger partial charge in [0, 0.05) is 23.9 Å². The van der Waals surface area contributed by atoms with Crippen molar-refractivity contribution in [3.8, 4) is 0 Å². The molecule has 0 bridgehead atoms. The number of para-hydroxylation sites is 1. The first kappa shape index (κ1) is 13.0. The normalized spacial score (nSPS) is 34.1. The number of hydrogen-bond acceptors (Lipinski definition) is 3. The summed E-state index contributed by atoms with van der Waals surface area (Å²) in [5.74, 6) is 0.0149. The van der Waals surface area contributed by atoms with Crippen LogP contribution in [0, 0.1) is 5.41 Å². The van der Waals surface area contributed by atoms with Crippen molar-refractivity contribution >= 4 is 17.3 Å². The molecule has 0 aromatic heterocycles. The highest BCUT2D eigenvalue weighted by Crippen LogP contribution is 2.56. The number of aliphatic hydroxyl groups is 1. The maximum absolute atomic E-state index is 12.6. The number of amides is 1. The van der Waals surface area contributed by atoms with E-state index in [-0.39, 0.29) is 11.3 Å². The third-order valence-corrected chi connectivity index (χ3v) is 5.62. The summed E-state index contributed by atoms with van der Waals surface area (Å²) in [6.45, 7) is 2.85. The van der Waals surface area contributed by atoms with Gasteiger partial charge in [-0.3, -0.25) is 14.7 Å². The van der Waals surface area contributed by atoms with Crippen LogP contribution < -0.4 is 4.90 Å². The molecule has 3 aliphatic heterocycles. The molecule has 0 saturated carbocycles. The van der Waals surface area contributed by atoms with Crippen molar-refractivity contribution in [1.82, 2.24) is 0 Å². The van der Waals surface area contributed by atoms with E-state index in [4.69, 9.17) is 0 Å². The molecule has 0 aliphatic carbocycles. The molecule has 0 spiro atoms. The quantitative estimate of drug-likeness (QED) is 0.861. The SMILES string of the molecule is CC[C@]12CCCN=C3c4ccccc4N(C(=O)CC1)[C@]32O. The van der Waals surface area contributed by atoms with Gasteiger partial charge in [-0.25, -0.2) is 0 Å². The van der Waals surface area contributed by atoms with Crippen molar-refractivity contribution in [2.75, 3.05) is 11.4 Å². The summed E-state index contributed by atoms with van der Waals surface area (Å²) in [6, 6.07) is 7.77. The first-order valence-electron chi connectivity index (χ1n) is 7.84. The van der Waals surface area contributed by atoms with E-state index in [0.29, 0.717) is 12.1 Å². The number of piperidine rings is 1. The second-order valence-corrected chi connectivity index (χ2v) is 6.39. The summed E-state index contributed by atoms with van der Waals surface area (Å²) in [7, 11) is 0. The predicted octanol–water partition coefficient (Wildman–Crippen LogP) is 2.49. The van der Waals surface area contributed by atoms with Crippen molar-refractivity contribution < 1.29 is 9.90 Å². The van der Waals surface area contributed by atoms with Gasteiger partial charge in [0.15, 0.2) is 5.72 Å². The Morgan fingerprint density at radius 2 is 2.14 bits per heavy atom. The van der Waals surface area contributed by atoms with E-state index < -0.39 is 5.72 Å². The second-order valence-electron chi connectivity index (χ2n) is 6.39. The van der Waals surface area contributed by atoms with E-state index in [0.717, 1.165) is 43.5 Å². The van der Waals surface area contributed by atoms with Gasteiger partial charge in [-0.2, -0.15) is 0 Å². The van der Waals surface area contributed by atoms with Gasteiger partial charge in [-0.15, -0.1) is 0 Å². The van der Waals surface area contributed by atoms with Crippen molar-refractivity contribution in [3.63, 3.8) is 0 Å². The molecule has 0 radical (unpaired) electrons. The zero-order valence-corrected chi connectivity index (χ0v) is 12.3. The van der Waals surface area contributed by atoms with Crippen molar-refractivity contribution in [2.24, 2.45) is 10.4 Å². The number of carbonyl (C=O) groups is 1. The molecule has 110 valence electrons. The summed E-state index contributed by atoms with van der Waals surface area (Å²) in [6.07, 6.45) is 4.02. The molecule has 1 aromatic carbocycles. The van der Waals surface area contributed by atoms with Crippen LogP contribution in [0.15, 0.2) is 29.3 Å². The molecule has 1 fully saturated rings. The molecule has 1 amide bonds. The largest absolute Gasteiger partial charge is 0.365 e. The number of rotatable bonds is 1. The topological polar surface area (TPSA) is 52.9 Å². The van der Waals surface area contributed by atoms with Crippen LogP contribution >= 0.6 is 0 Å². The third kappa shape index (κ3) is 1.39. The average Bonchev–Trinajstić information content (AvgIpc) is 2.66. The molecular formula is C17H20N2O2. The van der Waals surface area contributed by atoms with Gasteiger partial charge in [0.2, 0.25) is 5.91 Å². The van der Waals surface area contributed by atoms with E-state index in [1.807, 2.05) is 24.3 Å². The molecular weight excluding hydrogens is 264 g/mol. The minimum absolute atomic E-state index is 0.0149. The Morgan fingerprint density at radius 3 is 2.95 bits per heavy atom. The number of carbonyl (C=O) groups excluding carboxylic acids is 1. The Labute approximate surface area is 124 Å². The number of fused-ring (bicyclic) bond motifs is 3. The van der Waals surface area contributed by atoms with Gasteiger partial charge in [0.05, 0.1) is 11.4 Å². The van der Waals surface area contributed by atoms with Gasteiger partial charge in [-0.05, 0) is 31.7 Å². The molecule has 4 rings (SSSR count). The summed E-state index contributed by atoms with van der Waals surface area (Å²) in [5.41, 5.74) is 0.940. The van der Waals surface area contributed by atoms with Crippen molar-refractivity contribution in [1.29, 1.82) is 0 Å². The molecule has 1 N–H and O–H groups in total. The van der Waals surface area contributed by atoms with Crippen molar-refractivity contribution in [2.45, 2.75) is 44.8 Å². The Bertz CT molecular complexity index is 654. The lowest BCUT2D eigenvalue weighted by Crippen LogP contribution is -2.66. The highest BCUT2D eigenvalue weighted by molar-refractivity contribution is 6.23. The van der Waals surface area contributed by atoms with E-state index in [2.05, 4.69) is 11.9 Å². The maximum atomic E-state index is 12.6. The van der Waals surface area contributed by atoms with Crippen LogP contribution in [0.1, 0.15) is 44.6 Å². The molecule has 3 heterocycles. The number of benzene rings is 1. The minimum atomic E-state index is -1.25. The van der Waals surface area contributed by atoms with Gasteiger partial charge in [-0.1, -0.05) is 25.1 Å². The number of nitrogens with zero attached hydrogens (tertiary/aromatic N) is 2. The molecule has 4 nitrogen and oxygen atoms in total. The fraction of sp³-hybridized carbons (Fsp3) is 0.529. The van der Waals surface area contributed by atoms with Gasteiger partial charge < -0.3 is 5.11 Å². The average molecular weight is 284 g/mol. The Morgan fingerprint density at radius 1 is 1.33 bits per heavy atom. The zero-order chi connectivity index (χ0) is 14.7. The van der Waals surface area contributed by atoms with Crippen LogP contribution in [0.5, 0.6) is 0 Å². The van der Waals surface area contributed by atoms with E-state index in [1.165, 1.54) is 0 Å². The standard InChI is InChI=1S/C17H20N2O2/c1-2-16-9-5-11-18-15-12-6-3-4-7-13(12)19(17(15,16)21)14(20)8-10-16/h3-4,6-7,21H,2,5,8-11H2,1H3/t16-,17-/m0/s1. The maximum Gasteiger partial charge on any atom is 0.229 e. The van der Waals surface area contributed by atoms with Crippen LogP contribution in [0.2, 0.25) is 0 Å². The Kier molecular flexibility index (Phi) is 2.58. The zero-order valence-electron chi connectivity index (χ0n) is 12.3.